The number of carbonyl (C=O) groups is 1. The predicted octanol–water partition coefficient (Wildman–Crippen LogP) is 3.58. The molecule has 1 aliphatic heterocycles. The maximum Gasteiger partial charge on any atom is 0.226 e. The molecule has 1 heterocycles. The molecule has 3 nitrogen and oxygen atoms in total. The van der Waals surface area contributed by atoms with E-state index >= 15 is 0 Å². The number of nitrogens with zero attached hydrogens (tertiary/aromatic N) is 1. The van der Waals surface area contributed by atoms with Gasteiger partial charge in [0, 0.05) is 24.5 Å². The Morgan fingerprint density at radius 1 is 1.09 bits per heavy atom. The Labute approximate surface area is 141 Å². The van der Waals surface area contributed by atoms with E-state index in [2.05, 4.69) is 17.1 Å². The zero-order valence-corrected chi connectivity index (χ0v) is 14.9. The fourth-order valence-electron chi connectivity index (χ4n) is 6.71. The van der Waals surface area contributed by atoms with E-state index in [4.69, 9.17) is 0 Å². The number of hydrogen-bond acceptors (Lipinski definition) is 2. The van der Waals surface area contributed by atoms with Crippen LogP contribution in [0.1, 0.15) is 71.1 Å². The van der Waals surface area contributed by atoms with Gasteiger partial charge in [-0.3, -0.25) is 9.69 Å². The van der Waals surface area contributed by atoms with E-state index in [-0.39, 0.29) is 5.41 Å². The van der Waals surface area contributed by atoms with E-state index < -0.39 is 0 Å². The van der Waals surface area contributed by atoms with E-state index in [0.717, 1.165) is 36.9 Å². The summed E-state index contributed by atoms with van der Waals surface area (Å²) in [6.45, 7) is 5.44. The lowest BCUT2D eigenvalue weighted by atomic mass is 9.49. The molecule has 0 aromatic rings. The van der Waals surface area contributed by atoms with E-state index in [1.807, 2.05) is 0 Å². The minimum atomic E-state index is 0.0286. The number of rotatable bonds is 5. The van der Waals surface area contributed by atoms with Gasteiger partial charge in [-0.05, 0) is 82.1 Å². The van der Waals surface area contributed by atoms with Crippen molar-refractivity contribution in [2.75, 3.05) is 19.6 Å². The normalized spacial score (nSPS) is 42.8. The fraction of sp³-hybridized carbons (Fsp3) is 0.950. The van der Waals surface area contributed by atoms with Gasteiger partial charge in [-0.15, -0.1) is 0 Å². The molecule has 5 aliphatic rings. The molecule has 1 amide bonds. The molecule has 1 unspecified atom stereocenters. The van der Waals surface area contributed by atoms with Gasteiger partial charge in [0.25, 0.3) is 0 Å². The average molecular weight is 319 g/mol. The molecule has 1 N–H and O–H groups in total. The molecule has 4 saturated carbocycles. The van der Waals surface area contributed by atoms with Crippen LogP contribution in [0.5, 0.6) is 0 Å². The van der Waals surface area contributed by atoms with Gasteiger partial charge in [0.2, 0.25) is 5.91 Å². The first-order valence-electron chi connectivity index (χ1n) is 10.2. The van der Waals surface area contributed by atoms with Gasteiger partial charge >= 0.3 is 0 Å². The molecule has 5 rings (SSSR count). The topological polar surface area (TPSA) is 32.3 Å². The predicted molar refractivity (Wildman–Crippen MR) is 93.1 cm³/mol. The lowest BCUT2D eigenvalue weighted by Crippen LogP contribution is -2.54. The lowest BCUT2D eigenvalue weighted by molar-refractivity contribution is -0.146. The third-order valence-corrected chi connectivity index (χ3v) is 7.42. The quantitative estimate of drug-likeness (QED) is 0.840. The van der Waals surface area contributed by atoms with Crippen molar-refractivity contribution in [3.8, 4) is 0 Å². The largest absolute Gasteiger partial charge is 0.354 e. The molecule has 3 heteroatoms. The highest BCUT2D eigenvalue weighted by Crippen LogP contribution is 2.60. The summed E-state index contributed by atoms with van der Waals surface area (Å²) >= 11 is 0. The summed E-state index contributed by atoms with van der Waals surface area (Å²) in [5.41, 5.74) is 0.0286. The number of amides is 1. The van der Waals surface area contributed by atoms with Crippen molar-refractivity contribution in [2.24, 2.45) is 23.2 Å². The summed E-state index contributed by atoms with van der Waals surface area (Å²) in [4.78, 5) is 15.6. The molecular weight excluding hydrogens is 284 g/mol. The van der Waals surface area contributed by atoms with Crippen LogP contribution in [0.25, 0.3) is 0 Å². The zero-order chi connectivity index (χ0) is 15.9. The molecule has 130 valence electrons. The van der Waals surface area contributed by atoms with Gasteiger partial charge in [-0.1, -0.05) is 13.3 Å². The maximum absolute atomic E-state index is 13.0. The van der Waals surface area contributed by atoms with Gasteiger partial charge in [-0.2, -0.15) is 0 Å². The van der Waals surface area contributed by atoms with Crippen LogP contribution in [0.15, 0.2) is 0 Å². The van der Waals surface area contributed by atoms with E-state index in [1.54, 1.807) is 0 Å². The summed E-state index contributed by atoms with van der Waals surface area (Å²) in [7, 11) is 0. The Hall–Kier alpha value is -0.570. The first-order chi connectivity index (χ1) is 11.2. The SMILES string of the molecule is CCC1CCCCN1CCNC(=O)C12CC3CC(CC(C3)C1)C2. The number of hydrogen-bond donors (Lipinski definition) is 1. The number of piperidine rings is 1. The van der Waals surface area contributed by atoms with Crippen LogP contribution in [0.2, 0.25) is 0 Å². The van der Waals surface area contributed by atoms with Crippen LogP contribution < -0.4 is 5.32 Å². The second-order valence-electron chi connectivity index (χ2n) is 9.05. The molecule has 0 spiro atoms. The summed E-state index contributed by atoms with van der Waals surface area (Å²) < 4.78 is 0. The molecule has 5 fully saturated rings. The van der Waals surface area contributed by atoms with Crippen LogP contribution in [0.3, 0.4) is 0 Å². The minimum Gasteiger partial charge on any atom is -0.354 e. The Morgan fingerprint density at radius 2 is 1.74 bits per heavy atom. The summed E-state index contributed by atoms with van der Waals surface area (Å²) in [5.74, 6) is 2.98. The van der Waals surface area contributed by atoms with Crippen molar-refractivity contribution in [3.63, 3.8) is 0 Å². The first-order valence-corrected chi connectivity index (χ1v) is 10.2. The highest BCUT2D eigenvalue weighted by molar-refractivity contribution is 5.83. The van der Waals surface area contributed by atoms with Crippen LogP contribution in [-0.2, 0) is 4.79 Å². The molecule has 1 saturated heterocycles. The zero-order valence-electron chi connectivity index (χ0n) is 14.9. The molecule has 1 atom stereocenters. The van der Waals surface area contributed by atoms with Gasteiger partial charge < -0.3 is 5.32 Å². The van der Waals surface area contributed by atoms with Gasteiger partial charge in [0.15, 0.2) is 0 Å². The number of likely N-dealkylation sites (tertiary alicyclic amines) is 1. The Balaban J connectivity index is 1.30. The monoisotopic (exact) mass is 318 g/mol. The Bertz CT molecular complexity index is 412. The van der Waals surface area contributed by atoms with E-state index in [0.29, 0.717) is 5.91 Å². The van der Waals surface area contributed by atoms with Crippen molar-refractivity contribution in [2.45, 2.75) is 77.2 Å². The Kier molecular flexibility index (Phi) is 4.42. The fourth-order valence-corrected chi connectivity index (χ4v) is 6.71. The smallest absolute Gasteiger partial charge is 0.226 e. The van der Waals surface area contributed by atoms with Crippen LogP contribution in [-0.4, -0.2) is 36.5 Å². The second-order valence-corrected chi connectivity index (χ2v) is 9.05. The molecule has 0 aromatic carbocycles. The highest BCUT2D eigenvalue weighted by atomic mass is 16.2. The van der Waals surface area contributed by atoms with Crippen molar-refractivity contribution in [1.29, 1.82) is 0 Å². The summed E-state index contributed by atoms with van der Waals surface area (Å²) in [6.07, 6.45) is 13.1. The molecule has 4 bridgehead atoms. The van der Waals surface area contributed by atoms with Crippen LogP contribution >= 0.6 is 0 Å². The van der Waals surface area contributed by atoms with Crippen molar-refractivity contribution in [3.05, 3.63) is 0 Å². The maximum atomic E-state index is 13.0. The van der Waals surface area contributed by atoms with Crippen molar-refractivity contribution in [1.82, 2.24) is 10.2 Å². The van der Waals surface area contributed by atoms with Gasteiger partial charge in [0.1, 0.15) is 0 Å². The first kappa shape index (κ1) is 15.9. The van der Waals surface area contributed by atoms with Gasteiger partial charge in [0.05, 0.1) is 0 Å². The molecule has 0 aromatic heterocycles. The average Bonchev–Trinajstić information content (AvgIpc) is 2.54. The summed E-state index contributed by atoms with van der Waals surface area (Å²) in [5, 5.41) is 3.35. The van der Waals surface area contributed by atoms with E-state index in [1.165, 1.54) is 70.8 Å². The Morgan fingerprint density at radius 3 is 2.35 bits per heavy atom. The molecular formula is C20H34N2O. The van der Waals surface area contributed by atoms with Crippen LogP contribution in [0.4, 0.5) is 0 Å². The number of carbonyl (C=O) groups excluding carboxylic acids is 1. The highest BCUT2D eigenvalue weighted by Gasteiger charge is 2.54. The summed E-state index contributed by atoms with van der Waals surface area (Å²) in [6, 6.07) is 0.750. The second kappa shape index (κ2) is 6.38. The van der Waals surface area contributed by atoms with E-state index in [9.17, 15) is 4.79 Å². The lowest BCUT2D eigenvalue weighted by Gasteiger charge is -2.55. The molecule has 4 aliphatic carbocycles. The standard InChI is InChI=1S/C20H34N2O/c1-2-18-5-3-4-7-22(18)8-6-21-19(23)20-12-15-9-16(13-20)11-17(10-15)14-20/h15-18H,2-14H2,1H3,(H,21,23). The molecule has 0 radical (unpaired) electrons. The third-order valence-electron chi connectivity index (χ3n) is 7.42. The molecule has 23 heavy (non-hydrogen) atoms. The van der Waals surface area contributed by atoms with Crippen LogP contribution in [0, 0.1) is 23.2 Å². The van der Waals surface area contributed by atoms with Gasteiger partial charge in [-0.25, -0.2) is 0 Å². The van der Waals surface area contributed by atoms with Crippen molar-refractivity contribution < 1.29 is 4.79 Å². The minimum absolute atomic E-state index is 0.0286. The number of nitrogens with one attached hydrogen (secondary N) is 1. The van der Waals surface area contributed by atoms with Crippen molar-refractivity contribution >= 4 is 5.91 Å². The third kappa shape index (κ3) is 3.06.